The van der Waals surface area contributed by atoms with Gasteiger partial charge in [0.1, 0.15) is 5.82 Å². The van der Waals surface area contributed by atoms with Gasteiger partial charge < -0.3 is 5.11 Å². The quantitative estimate of drug-likeness (QED) is 0.298. The van der Waals surface area contributed by atoms with Crippen molar-refractivity contribution in [3.8, 4) is 22.5 Å². The summed E-state index contributed by atoms with van der Waals surface area (Å²) in [5.41, 5.74) is 4.50. The summed E-state index contributed by atoms with van der Waals surface area (Å²) in [6.07, 6.45) is 1.98. The number of aromatic nitrogens is 6. The van der Waals surface area contributed by atoms with Gasteiger partial charge in [-0.15, -0.1) is 0 Å². The first-order chi connectivity index (χ1) is 18.7. The van der Waals surface area contributed by atoms with E-state index in [4.69, 9.17) is 4.52 Å². The second kappa shape index (κ2) is 10.5. The van der Waals surface area contributed by atoms with Crippen molar-refractivity contribution >= 4 is 5.78 Å². The van der Waals surface area contributed by atoms with Crippen LogP contribution in [-0.4, -0.2) is 41.0 Å². The Morgan fingerprint density at radius 1 is 1.05 bits per heavy atom. The molecular weight excluding hydrogens is 496 g/mol. The predicted molar refractivity (Wildman–Crippen MR) is 148 cm³/mol. The van der Waals surface area contributed by atoms with Gasteiger partial charge >= 0.3 is 5.76 Å². The van der Waals surface area contributed by atoms with Crippen LogP contribution in [0.4, 0.5) is 0 Å². The zero-order chi connectivity index (χ0) is 27.7. The molecular formula is C29H32N6O4. The third-order valence-corrected chi connectivity index (χ3v) is 6.81. The van der Waals surface area contributed by atoms with E-state index in [1.165, 1.54) is 0 Å². The Morgan fingerprint density at radius 3 is 2.41 bits per heavy atom. The van der Waals surface area contributed by atoms with E-state index in [0.29, 0.717) is 42.4 Å². The molecule has 10 heteroatoms. The summed E-state index contributed by atoms with van der Waals surface area (Å²) in [6, 6.07) is 15.6. The Labute approximate surface area is 225 Å². The van der Waals surface area contributed by atoms with Crippen molar-refractivity contribution < 1.29 is 9.63 Å². The smallest absolute Gasteiger partial charge is 0.396 e. The molecule has 0 aliphatic carbocycles. The van der Waals surface area contributed by atoms with E-state index in [9.17, 15) is 14.7 Å². The molecule has 0 aliphatic rings. The summed E-state index contributed by atoms with van der Waals surface area (Å²) in [7, 11) is 0. The van der Waals surface area contributed by atoms with Crippen molar-refractivity contribution in [2.24, 2.45) is 5.41 Å². The van der Waals surface area contributed by atoms with Gasteiger partial charge in [0.2, 0.25) is 5.78 Å². The molecule has 0 saturated carbocycles. The van der Waals surface area contributed by atoms with E-state index < -0.39 is 11.2 Å². The molecule has 5 rings (SSSR count). The first-order valence-corrected chi connectivity index (χ1v) is 13.0. The van der Waals surface area contributed by atoms with E-state index >= 15 is 0 Å². The van der Waals surface area contributed by atoms with E-state index in [1.54, 1.807) is 9.08 Å². The molecule has 0 aliphatic heterocycles. The largest absolute Gasteiger partial charge is 0.439 e. The van der Waals surface area contributed by atoms with Crippen LogP contribution in [0.2, 0.25) is 0 Å². The van der Waals surface area contributed by atoms with E-state index in [-0.39, 0.29) is 12.2 Å². The molecule has 0 amide bonds. The van der Waals surface area contributed by atoms with Crippen molar-refractivity contribution in [2.75, 3.05) is 6.61 Å². The van der Waals surface area contributed by atoms with Gasteiger partial charge in [0, 0.05) is 36.1 Å². The second-order valence-corrected chi connectivity index (χ2v) is 10.6. The van der Waals surface area contributed by atoms with Gasteiger partial charge in [-0.25, -0.2) is 9.31 Å². The van der Waals surface area contributed by atoms with Crippen LogP contribution in [0.5, 0.6) is 0 Å². The number of aliphatic hydroxyl groups is 1. The highest BCUT2D eigenvalue weighted by Crippen LogP contribution is 2.30. The number of aryl methyl sites for hydroxylation is 2. The lowest BCUT2D eigenvalue weighted by molar-refractivity contribution is 0.140. The van der Waals surface area contributed by atoms with Crippen molar-refractivity contribution in [3.63, 3.8) is 0 Å². The fourth-order valence-corrected chi connectivity index (χ4v) is 4.85. The van der Waals surface area contributed by atoms with Crippen LogP contribution in [-0.2, 0) is 19.4 Å². The number of hydrogen-bond acceptors (Lipinski definition) is 7. The molecule has 2 N–H and O–H groups in total. The molecule has 39 heavy (non-hydrogen) atoms. The predicted octanol–water partition coefficient (Wildman–Crippen LogP) is 3.77. The van der Waals surface area contributed by atoms with Crippen molar-refractivity contribution in [1.82, 2.24) is 29.3 Å². The topological polar surface area (TPSA) is 131 Å². The molecule has 0 atom stereocenters. The zero-order valence-corrected chi connectivity index (χ0v) is 22.6. The lowest BCUT2D eigenvalue weighted by atomic mass is 9.94. The minimum absolute atomic E-state index is 0.0596. The molecule has 0 saturated heterocycles. The number of hydrogen-bond donors (Lipinski definition) is 2. The van der Waals surface area contributed by atoms with Crippen LogP contribution in [0.1, 0.15) is 49.8 Å². The number of H-pyrrole nitrogens is 1. The summed E-state index contributed by atoms with van der Waals surface area (Å²) in [5.74, 6) is 0.859. The van der Waals surface area contributed by atoms with Crippen molar-refractivity contribution in [3.05, 3.63) is 92.1 Å². The highest BCUT2D eigenvalue weighted by molar-refractivity contribution is 5.80. The molecule has 0 bridgehead atoms. The second-order valence-electron chi connectivity index (χ2n) is 10.6. The average molecular weight is 529 g/mol. The molecule has 5 aromatic rings. The van der Waals surface area contributed by atoms with Gasteiger partial charge in [-0.2, -0.15) is 10.1 Å². The lowest BCUT2D eigenvalue weighted by Crippen LogP contribution is -2.35. The average Bonchev–Trinajstić information content (AvgIpc) is 3.54. The highest BCUT2D eigenvalue weighted by atomic mass is 16.5. The summed E-state index contributed by atoms with van der Waals surface area (Å²) in [4.78, 5) is 32.6. The third-order valence-electron chi connectivity index (χ3n) is 6.81. The van der Waals surface area contributed by atoms with Crippen LogP contribution in [0.25, 0.3) is 28.3 Å². The van der Waals surface area contributed by atoms with Gasteiger partial charge in [-0.3, -0.25) is 18.9 Å². The molecule has 3 aromatic heterocycles. The summed E-state index contributed by atoms with van der Waals surface area (Å²) in [6.45, 7) is 8.00. The number of benzene rings is 2. The van der Waals surface area contributed by atoms with Crippen LogP contribution in [0, 0.1) is 12.3 Å². The number of aromatic amines is 1. The summed E-state index contributed by atoms with van der Waals surface area (Å²) < 4.78 is 8.14. The maximum atomic E-state index is 13.9. The van der Waals surface area contributed by atoms with Crippen molar-refractivity contribution in [1.29, 1.82) is 0 Å². The minimum atomic E-state index is -0.606. The molecule has 0 fully saturated rings. The van der Waals surface area contributed by atoms with Gasteiger partial charge in [0.25, 0.3) is 5.56 Å². The Balaban J connectivity index is 1.56. The Kier molecular flexibility index (Phi) is 7.05. The SMILES string of the molecule is CCCc1c(Cc2ccc(-c3ccccc3-c3noc(=O)[nH]3)cc2)c(=O)n(CC(C)(C)CO)c2nc(C)nn12. The van der Waals surface area contributed by atoms with Gasteiger partial charge in [0.05, 0.1) is 5.69 Å². The highest BCUT2D eigenvalue weighted by Gasteiger charge is 2.25. The van der Waals surface area contributed by atoms with Gasteiger partial charge in [0.15, 0.2) is 5.82 Å². The first-order valence-electron chi connectivity index (χ1n) is 13.0. The lowest BCUT2D eigenvalue weighted by Gasteiger charge is -2.24. The molecule has 0 radical (unpaired) electrons. The fourth-order valence-electron chi connectivity index (χ4n) is 4.85. The van der Waals surface area contributed by atoms with Gasteiger partial charge in [-0.1, -0.05) is 80.9 Å². The molecule has 0 unspecified atom stereocenters. The van der Waals surface area contributed by atoms with Crippen LogP contribution in [0.3, 0.4) is 0 Å². The molecule has 3 heterocycles. The van der Waals surface area contributed by atoms with Crippen LogP contribution < -0.4 is 11.3 Å². The van der Waals surface area contributed by atoms with E-state index in [2.05, 4.69) is 27.1 Å². The fraction of sp³-hybridized carbons (Fsp3) is 0.345. The third kappa shape index (κ3) is 5.20. The normalized spacial score (nSPS) is 11.9. The Bertz CT molecular complexity index is 1740. The molecule has 202 valence electrons. The standard InChI is InChI=1S/C29H32N6O4/c1-5-8-24-23(26(37)34(16-29(3,4)17-36)27-30-18(2)32-35(24)27)15-19-11-13-20(14-12-19)21-9-6-7-10-22(21)25-31-28(38)39-33-25/h6-7,9-14,36H,5,8,15-17H2,1-4H3,(H,31,33,38). The monoisotopic (exact) mass is 528 g/mol. The number of rotatable bonds is 9. The summed E-state index contributed by atoms with van der Waals surface area (Å²) >= 11 is 0. The van der Waals surface area contributed by atoms with Crippen LogP contribution in [0.15, 0.2) is 62.6 Å². The zero-order valence-electron chi connectivity index (χ0n) is 22.6. The Hall–Kier alpha value is -4.31. The maximum Gasteiger partial charge on any atom is 0.439 e. The number of aliphatic hydroxyl groups excluding tert-OH is 1. The molecule has 2 aromatic carbocycles. The maximum absolute atomic E-state index is 13.9. The van der Waals surface area contributed by atoms with E-state index in [0.717, 1.165) is 34.4 Å². The van der Waals surface area contributed by atoms with E-state index in [1.807, 2.05) is 69.3 Å². The number of fused-ring (bicyclic) bond motifs is 1. The minimum Gasteiger partial charge on any atom is -0.396 e. The molecule has 10 nitrogen and oxygen atoms in total. The number of nitrogens with one attached hydrogen (secondary N) is 1. The number of nitrogens with zero attached hydrogens (tertiary/aromatic N) is 5. The van der Waals surface area contributed by atoms with Crippen molar-refractivity contribution in [2.45, 2.75) is 53.5 Å². The first kappa shape index (κ1) is 26.3. The Morgan fingerprint density at radius 2 is 1.77 bits per heavy atom. The van der Waals surface area contributed by atoms with Crippen LogP contribution >= 0.6 is 0 Å². The molecule has 0 spiro atoms. The summed E-state index contributed by atoms with van der Waals surface area (Å²) in [5, 5.41) is 18.4. The van der Waals surface area contributed by atoms with Gasteiger partial charge in [-0.05, 0) is 30.0 Å².